The Labute approximate surface area is 70.6 Å². The third-order valence-corrected chi connectivity index (χ3v) is 2.16. The Balaban J connectivity index is 2.94. The van der Waals surface area contributed by atoms with E-state index in [1.54, 1.807) is 12.4 Å². The van der Waals surface area contributed by atoms with Gasteiger partial charge in [0.25, 0.3) is 0 Å². The van der Waals surface area contributed by atoms with Gasteiger partial charge in [0, 0.05) is 22.3 Å². The number of aromatic nitrogens is 2. The first-order chi connectivity index (χ1) is 5.29. The molecule has 0 saturated carbocycles. The molecule has 2 nitrogen and oxygen atoms in total. The van der Waals surface area contributed by atoms with Crippen LogP contribution in [0.5, 0.6) is 0 Å². The Kier molecular flexibility index (Phi) is 1.42. The molecule has 0 aliphatic heterocycles. The second-order valence-corrected chi connectivity index (χ2v) is 3.03. The van der Waals surface area contributed by atoms with Crippen molar-refractivity contribution in [2.24, 2.45) is 0 Å². The third-order valence-electron chi connectivity index (χ3n) is 1.50. The summed E-state index contributed by atoms with van der Waals surface area (Å²) in [6.07, 6.45) is 4.49. The number of H-pyrrole nitrogens is 1. The van der Waals surface area contributed by atoms with Crippen LogP contribution < -0.4 is 0 Å². The van der Waals surface area contributed by atoms with Crippen molar-refractivity contribution in [1.82, 2.24) is 9.97 Å². The average Bonchev–Trinajstić information content (AvgIpc) is 2.35. The maximum atomic E-state index is 12.9. The molecular formula is C7H4BrFN2. The summed E-state index contributed by atoms with van der Waals surface area (Å²) in [4.78, 5) is 6.51. The van der Waals surface area contributed by atoms with Gasteiger partial charge in [-0.25, -0.2) is 4.39 Å². The van der Waals surface area contributed by atoms with Gasteiger partial charge in [-0.2, -0.15) is 0 Å². The van der Waals surface area contributed by atoms with Crippen LogP contribution in [0.3, 0.4) is 0 Å². The van der Waals surface area contributed by atoms with Gasteiger partial charge in [0.2, 0.25) is 0 Å². The van der Waals surface area contributed by atoms with E-state index in [-0.39, 0.29) is 5.82 Å². The maximum absolute atomic E-state index is 12.9. The number of hydrogen-bond acceptors (Lipinski definition) is 1. The fourth-order valence-corrected chi connectivity index (χ4v) is 1.39. The van der Waals surface area contributed by atoms with E-state index < -0.39 is 0 Å². The summed E-state index contributed by atoms with van der Waals surface area (Å²) < 4.78 is 13.7. The van der Waals surface area contributed by atoms with Crippen LogP contribution in [0.2, 0.25) is 0 Å². The minimum absolute atomic E-state index is 0.326. The number of nitrogens with one attached hydrogen (secondary N) is 1. The Morgan fingerprint density at radius 1 is 1.45 bits per heavy atom. The Morgan fingerprint density at radius 3 is 3.00 bits per heavy atom. The molecule has 11 heavy (non-hydrogen) atoms. The minimum Gasteiger partial charge on any atom is -0.358 e. The second kappa shape index (κ2) is 2.30. The molecule has 0 aromatic carbocycles. The van der Waals surface area contributed by atoms with Crippen LogP contribution in [0.4, 0.5) is 4.39 Å². The van der Waals surface area contributed by atoms with Crippen LogP contribution in [0.1, 0.15) is 0 Å². The summed E-state index contributed by atoms with van der Waals surface area (Å²) in [5.41, 5.74) is 0.492. The fourth-order valence-electron chi connectivity index (χ4n) is 0.976. The van der Waals surface area contributed by atoms with Crippen molar-refractivity contribution >= 4 is 26.8 Å². The first-order valence-electron chi connectivity index (χ1n) is 3.05. The first-order valence-corrected chi connectivity index (χ1v) is 3.84. The fraction of sp³-hybridized carbons (Fsp3) is 0. The largest absolute Gasteiger partial charge is 0.358 e. The zero-order chi connectivity index (χ0) is 7.84. The van der Waals surface area contributed by atoms with E-state index in [9.17, 15) is 4.39 Å². The van der Waals surface area contributed by atoms with Crippen molar-refractivity contribution in [2.45, 2.75) is 0 Å². The van der Waals surface area contributed by atoms with Crippen molar-refractivity contribution < 1.29 is 4.39 Å². The summed E-state index contributed by atoms with van der Waals surface area (Å²) in [6, 6.07) is 0. The molecule has 0 aliphatic carbocycles. The van der Waals surface area contributed by atoms with Gasteiger partial charge in [0.05, 0.1) is 11.7 Å². The van der Waals surface area contributed by atoms with Gasteiger partial charge >= 0.3 is 0 Å². The number of nitrogens with zero attached hydrogens (tertiary/aromatic N) is 1. The van der Waals surface area contributed by atoms with Crippen LogP contribution in [-0.2, 0) is 0 Å². The molecule has 2 aromatic rings. The molecule has 0 radical (unpaired) electrons. The summed E-state index contributed by atoms with van der Waals surface area (Å²) in [5.74, 6) is -0.326. The predicted molar refractivity (Wildman–Crippen MR) is 43.8 cm³/mol. The quantitative estimate of drug-likeness (QED) is 0.718. The van der Waals surface area contributed by atoms with Gasteiger partial charge in [-0.1, -0.05) is 0 Å². The van der Waals surface area contributed by atoms with Gasteiger partial charge in [0.15, 0.2) is 5.82 Å². The van der Waals surface area contributed by atoms with E-state index in [2.05, 4.69) is 25.9 Å². The monoisotopic (exact) mass is 214 g/mol. The zero-order valence-electron chi connectivity index (χ0n) is 5.44. The number of halogens is 2. The lowest BCUT2D eigenvalue weighted by Gasteiger charge is -1.89. The molecule has 0 unspecified atom stereocenters. The van der Waals surface area contributed by atoms with Crippen LogP contribution in [0.15, 0.2) is 23.1 Å². The van der Waals surface area contributed by atoms with Crippen molar-refractivity contribution in [3.8, 4) is 0 Å². The van der Waals surface area contributed by atoms with Crippen molar-refractivity contribution in [3.05, 3.63) is 28.9 Å². The molecule has 0 bridgehead atoms. The molecule has 1 N–H and O–H groups in total. The lowest BCUT2D eigenvalue weighted by molar-refractivity contribution is 0.631. The topological polar surface area (TPSA) is 28.7 Å². The molecule has 0 aliphatic rings. The highest BCUT2D eigenvalue weighted by atomic mass is 79.9. The molecule has 0 atom stereocenters. The van der Waals surface area contributed by atoms with Gasteiger partial charge in [-0.15, -0.1) is 0 Å². The Hall–Kier alpha value is -0.900. The predicted octanol–water partition coefficient (Wildman–Crippen LogP) is 2.46. The normalized spacial score (nSPS) is 10.7. The number of fused-ring (bicyclic) bond motifs is 1. The van der Waals surface area contributed by atoms with Gasteiger partial charge in [-0.05, 0) is 15.9 Å². The average molecular weight is 215 g/mol. The molecule has 2 aromatic heterocycles. The van der Waals surface area contributed by atoms with E-state index >= 15 is 0 Å². The summed E-state index contributed by atoms with van der Waals surface area (Å²) in [7, 11) is 0. The van der Waals surface area contributed by atoms with E-state index in [1.165, 1.54) is 6.20 Å². The Bertz CT molecular complexity index is 396. The number of rotatable bonds is 0. The van der Waals surface area contributed by atoms with Crippen LogP contribution in [0.25, 0.3) is 10.9 Å². The van der Waals surface area contributed by atoms with E-state index in [0.29, 0.717) is 5.52 Å². The molecular weight excluding hydrogens is 211 g/mol. The highest BCUT2D eigenvalue weighted by Crippen LogP contribution is 2.23. The van der Waals surface area contributed by atoms with Gasteiger partial charge in [0.1, 0.15) is 0 Å². The number of hydrogen-bond donors (Lipinski definition) is 1. The molecule has 0 fully saturated rings. The molecule has 0 spiro atoms. The standard InChI is InChI=1S/C7H4BrFN2/c8-5-2-11-7-4(5)1-10-3-6(7)9/h1-3,11H. The lowest BCUT2D eigenvalue weighted by atomic mass is 10.3. The SMILES string of the molecule is Fc1cncc2c(Br)c[nH]c12. The minimum atomic E-state index is -0.326. The molecule has 56 valence electrons. The maximum Gasteiger partial charge on any atom is 0.165 e. The molecule has 4 heteroatoms. The van der Waals surface area contributed by atoms with Crippen molar-refractivity contribution in [2.75, 3.05) is 0 Å². The van der Waals surface area contributed by atoms with E-state index in [0.717, 1.165) is 9.86 Å². The second-order valence-electron chi connectivity index (χ2n) is 2.18. The lowest BCUT2D eigenvalue weighted by Crippen LogP contribution is -1.78. The zero-order valence-corrected chi connectivity index (χ0v) is 7.02. The van der Waals surface area contributed by atoms with E-state index in [4.69, 9.17) is 0 Å². The van der Waals surface area contributed by atoms with Crippen LogP contribution in [-0.4, -0.2) is 9.97 Å². The number of pyridine rings is 1. The molecule has 2 rings (SSSR count). The third kappa shape index (κ3) is 0.939. The molecule has 0 saturated heterocycles. The highest BCUT2D eigenvalue weighted by molar-refractivity contribution is 9.10. The van der Waals surface area contributed by atoms with Gasteiger partial charge in [-0.3, -0.25) is 4.98 Å². The Morgan fingerprint density at radius 2 is 2.27 bits per heavy atom. The van der Waals surface area contributed by atoms with Gasteiger partial charge < -0.3 is 4.98 Å². The molecule has 0 amide bonds. The van der Waals surface area contributed by atoms with Crippen LogP contribution in [0, 0.1) is 5.82 Å². The molecule has 2 heterocycles. The van der Waals surface area contributed by atoms with E-state index in [1.807, 2.05) is 0 Å². The summed E-state index contributed by atoms with van der Waals surface area (Å²) >= 11 is 3.26. The first kappa shape index (κ1) is 6.79. The summed E-state index contributed by atoms with van der Waals surface area (Å²) in [6.45, 7) is 0. The number of aromatic amines is 1. The summed E-state index contributed by atoms with van der Waals surface area (Å²) in [5, 5.41) is 0.769. The highest BCUT2D eigenvalue weighted by Gasteiger charge is 2.04. The van der Waals surface area contributed by atoms with Crippen molar-refractivity contribution in [1.29, 1.82) is 0 Å². The smallest absolute Gasteiger partial charge is 0.165 e. The van der Waals surface area contributed by atoms with Crippen LogP contribution >= 0.6 is 15.9 Å². The van der Waals surface area contributed by atoms with Crippen molar-refractivity contribution in [3.63, 3.8) is 0 Å².